The van der Waals surface area contributed by atoms with Crippen LogP contribution in [0.15, 0.2) is 53.0 Å². The molecule has 4 nitrogen and oxygen atoms in total. The molecule has 5 heteroatoms. The number of nitrogens with one attached hydrogen (secondary N) is 1. The van der Waals surface area contributed by atoms with E-state index in [0.717, 1.165) is 41.7 Å². The average molecular weight is 403 g/mol. The summed E-state index contributed by atoms with van der Waals surface area (Å²) in [6.07, 6.45) is 2.56. The SMILES string of the molecule is COC1CCN(c2ccc(NC(=O)CCc3ccccc3Br)cc2)C1. The molecule has 0 radical (unpaired) electrons. The first kappa shape index (κ1) is 18.0. The van der Waals surface area contributed by atoms with Crippen molar-refractivity contribution in [2.45, 2.75) is 25.4 Å². The van der Waals surface area contributed by atoms with Crippen molar-refractivity contribution in [1.29, 1.82) is 0 Å². The Bertz CT molecular complexity index is 718. The molecule has 0 aliphatic carbocycles. The molecule has 3 rings (SSSR count). The van der Waals surface area contributed by atoms with E-state index in [1.54, 1.807) is 7.11 Å². The Balaban J connectivity index is 1.51. The average Bonchev–Trinajstić information content (AvgIpc) is 3.11. The Morgan fingerprint density at radius 2 is 2.00 bits per heavy atom. The number of hydrogen-bond donors (Lipinski definition) is 1. The molecule has 1 N–H and O–H groups in total. The van der Waals surface area contributed by atoms with Gasteiger partial charge in [-0.15, -0.1) is 0 Å². The first-order valence-electron chi connectivity index (χ1n) is 8.57. The zero-order valence-corrected chi connectivity index (χ0v) is 16.0. The first-order chi connectivity index (χ1) is 12.2. The third kappa shape index (κ3) is 4.83. The lowest BCUT2D eigenvalue weighted by Gasteiger charge is -2.18. The molecule has 0 bridgehead atoms. The van der Waals surface area contributed by atoms with Crippen LogP contribution in [0.5, 0.6) is 0 Å². The topological polar surface area (TPSA) is 41.6 Å². The standard InChI is InChI=1S/C20H23BrN2O2/c1-25-18-12-13-23(14-18)17-9-7-16(8-10-17)22-20(24)11-6-15-4-2-3-5-19(15)21/h2-5,7-10,18H,6,11-14H2,1H3,(H,22,24). The van der Waals surface area contributed by atoms with Crippen molar-refractivity contribution in [2.24, 2.45) is 0 Å². The molecule has 1 atom stereocenters. The van der Waals surface area contributed by atoms with Crippen LogP contribution in [0.1, 0.15) is 18.4 Å². The van der Waals surface area contributed by atoms with E-state index in [0.29, 0.717) is 12.5 Å². The maximum absolute atomic E-state index is 12.2. The molecule has 1 unspecified atom stereocenters. The highest BCUT2D eigenvalue weighted by Crippen LogP contribution is 2.23. The maximum Gasteiger partial charge on any atom is 0.224 e. The predicted molar refractivity (Wildman–Crippen MR) is 105 cm³/mol. The third-order valence-electron chi connectivity index (χ3n) is 4.57. The van der Waals surface area contributed by atoms with Gasteiger partial charge in [0.2, 0.25) is 5.91 Å². The summed E-state index contributed by atoms with van der Waals surface area (Å²) in [5, 5.41) is 2.97. The highest BCUT2D eigenvalue weighted by atomic mass is 79.9. The minimum absolute atomic E-state index is 0.0316. The summed E-state index contributed by atoms with van der Waals surface area (Å²) in [4.78, 5) is 14.5. The van der Waals surface area contributed by atoms with Gasteiger partial charge in [-0.2, -0.15) is 0 Å². The van der Waals surface area contributed by atoms with E-state index in [1.165, 1.54) is 5.69 Å². The largest absolute Gasteiger partial charge is 0.380 e. The van der Waals surface area contributed by atoms with Crippen LogP contribution in [0.3, 0.4) is 0 Å². The number of rotatable bonds is 6. The van der Waals surface area contributed by atoms with Crippen molar-refractivity contribution >= 4 is 33.2 Å². The van der Waals surface area contributed by atoms with Crippen LogP contribution < -0.4 is 10.2 Å². The van der Waals surface area contributed by atoms with E-state index in [4.69, 9.17) is 4.74 Å². The van der Waals surface area contributed by atoms with Gasteiger partial charge in [0.05, 0.1) is 6.10 Å². The van der Waals surface area contributed by atoms with Gasteiger partial charge in [-0.1, -0.05) is 34.1 Å². The molecular formula is C20H23BrN2O2. The Hall–Kier alpha value is -1.85. The highest BCUT2D eigenvalue weighted by Gasteiger charge is 2.22. The van der Waals surface area contributed by atoms with Crippen LogP contribution in [0.4, 0.5) is 11.4 Å². The fourth-order valence-electron chi connectivity index (χ4n) is 3.08. The van der Waals surface area contributed by atoms with Gasteiger partial charge in [0.1, 0.15) is 0 Å². The Kier molecular flexibility index (Phi) is 6.10. The number of carbonyl (C=O) groups excluding carboxylic acids is 1. The van der Waals surface area contributed by atoms with Gasteiger partial charge in [0, 0.05) is 42.5 Å². The number of carbonyl (C=O) groups is 1. The number of methoxy groups -OCH3 is 1. The molecule has 2 aromatic carbocycles. The van der Waals surface area contributed by atoms with Crippen molar-refractivity contribution < 1.29 is 9.53 Å². The number of amides is 1. The molecule has 132 valence electrons. The fraction of sp³-hybridized carbons (Fsp3) is 0.350. The fourth-order valence-corrected chi connectivity index (χ4v) is 3.57. The maximum atomic E-state index is 12.2. The molecule has 2 aromatic rings. The lowest BCUT2D eigenvalue weighted by molar-refractivity contribution is -0.116. The second-order valence-electron chi connectivity index (χ2n) is 6.28. The first-order valence-corrected chi connectivity index (χ1v) is 9.36. The Labute approximate surface area is 157 Å². The van der Waals surface area contributed by atoms with Gasteiger partial charge >= 0.3 is 0 Å². The van der Waals surface area contributed by atoms with Crippen LogP contribution in [0.2, 0.25) is 0 Å². The van der Waals surface area contributed by atoms with Crippen LogP contribution in [0.25, 0.3) is 0 Å². The normalized spacial score (nSPS) is 16.9. The summed E-state index contributed by atoms with van der Waals surface area (Å²) < 4.78 is 6.46. The van der Waals surface area contributed by atoms with Crippen molar-refractivity contribution in [2.75, 3.05) is 30.4 Å². The Morgan fingerprint density at radius 1 is 1.24 bits per heavy atom. The zero-order valence-electron chi connectivity index (χ0n) is 14.4. The lowest BCUT2D eigenvalue weighted by Crippen LogP contribution is -2.22. The number of aryl methyl sites for hydroxylation is 1. The highest BCUT2D eigenvalue weighted by molar-refractivity contribution is 9.10. The van der Waals surface area contributed by atoms with E-state index in [1.807, 2.05) is 36.4 Å². The number of hydrogen-bond acceptors (Lipinski definition) is 3. The number of halogens is 1. The minimum atomic E-state index is 0.0316. The summed E-state index contributed by atoms with van der Waals surface area (Å²) in [6, 6.07) is 16.0. The molecule has 0 aromatic heterocycles. The van der Waals surface area contributed by atoms with Crippen LogP contribution in [0, 0.1) is 0 Å². The smallest absolute Gasteiger partial charge is 0.224 e. The summed E-state index contributed by atoms with van der Waals surface area (Å²) in [5.74, 6) is 0.0316. The van der Waals surface area contributed by atoms with E-state index >= 15 is 0 Å². The number of ether oxygens (including phenoxy) is 1. The van der Waals surface area contributed by atoms with E-state index < -0.39 is 0 Å². The second-order valence-corrected chi connectivity index (χ2v) is 7.13. The van der Waals surface area contributed by atoms with Crippen molar-refractivity contribution in [1.82, 2.24) is 0 Å². The van der Waals surface area contributed by atoms with Gasteiger partial charge < -0.3 is 15.0 Å². The number of nitrogens with zero attached hydrogens (tertiary/aromatic N) is 1. The van der Waals surface area contributed by atoms with Crippen LogP contribution in [-0.2, 0) is 16.0 Å². The van der Waals surface area contributed by atoms with E-state index in [9.17, 15) is 4.79 Å². The van der Waals surface area contributed by atoms with Crippen molar-refractivity contribution in [3.63, 3.8) is 0 Å². The second kappa shape index (κ2) is 8.50. The molecular weight excluding hydrogens is 380 g/mol. The number of benzene rings is 2. The summed E-state index contributed by atoms with van der Waals surface area (Å²) in [6.45, 7) is 1.93. The molecule has 25 heavy (non-hydrogen) atoms. The van der Waals surface area contributed by atoms with E-state index in [-0.39, 0.29) is 5.91 Å². The third-order valence-corrected chi connectivity index (χ3v) is 5.35. The minimum Gasteiger partial charge on any atom is -0.380 e. The van der Waals surface area contributed by atoms with Gasteiger partial charge in [0.15, 0.2) is 0 Å². The molecule has 1 heterocycles. The summed E-state index contributed by atoms with van der Waals surface area (Å²) >= 11 is 3.52. The monoisotopic (exact) mass is 402 g/mol. The molecule has 1 fully saturated rings. The lowest BCUT2D eigenvalue weighted by atomic mass is 10.1. The van der Waals surface area contributed by atoms with Gasteiger partial charge in [-0.05, 0) is 48.7 Å². The summed E-state index contributed by atoms with van der Waals surface area (Å²) in [7, 11) is 1.76. The summed E-state index contributed by atoms with van der Waals surface area (Å²) in [5.41, 5.74) is 3.16. The predicted octanol–water partition coefficient (Wildman–Crippen LogP) is 4.25. The van der Waals surface area contributed by atoms with Crippen LogP contribution in [-0.4, -0.2) is 32.2 Å². The van der Waals surface area contributed by atoms with Gasteiger partial charge in [0.25, 0.3) is 0 Å². The molecule has 0 saturated carbocycles. The Morgan fingerprint density at radius 3 is 2.68 bits per heavy atom. The van der Waals surface area contributed by atoms with Crippen molar-refractivity contribution in [3.8, 4) is 0 Å². The van der Waals surface area contributed by atoms with Crippen molar-refractivity contribution in [3.05, 3.63) is 58.6 Å². The molecule has 1 aliphatic heterocycles. The van der Waals surface area contributed by atoms with Gasteiger partial charge in [-0.3, -0.25) is 4.79 Å². The molecule has 0 spiro atoms. The molecule has 1 amide bonds. The quantitative estimate of drug-likeness (QED) is 0.785. The van der Waals surface area contributed by atoms with Crippen LogP contribution >= 0.6 is 15.9 Å². The molecule has 1 aliphatic rings. The number of anilines is 2. The van der Waals surface area contributed by atoms with Gasteiger partial charge in [-0.25, -0.2) is 0 Å². The van der Waals surface area contributed by atoms with E-state index in [2.05, 4.69) is 38.3 Å². The molecule has 1 saturated heterocycles. The zero-order chi connectivity index (χ0) is 17.6.